The van der Waals surface area contributed by atoms with Crippen molar-refractivity contribution in [1.82, 2.24) is 9.38 Å². The Morgan fingerprint density at radius 1 is 1.50 bits per heavy atom. The van der Waals surface area contributed by atoms with Crippen LogP contribution in [0.1, 0.15) is 30.9 Å². The highest BCUT2D eigenvalue weighted by Crippen LogP contribution is 2.23. The van der Waals surface area contributed by atoms with Gasteiger partial charge in [0.05, 0.1) is 24.6 Å². The van der Waals surface area contributed by atoms with Crippen LogP contribution < -0.4 is 0 Å². The molecule has 0 aliphatic heterocycles. The molecule has 2 rings (SSSR count). The molecule has 0 saturated carbocycles. The van der Waals surface area contributed by atoms with E-state index in [1.165, 1.54) is 5.56 Å². The SMILES string of the molecule is CC(C)c1ccn2cncc2c1CO. The molecule has 0 bridgehead atoms. The summed E-state index contributed by atoms with van der Waals surface area (Å²) in [4.78, 5) is 4.06. The van der Waals surface area contributed by atoms with Crippen LogP contribution in [0.15, 0.2) is 24.8 Å². The molecule has 0 fully saturated rings. The minimum Gasteiger partial charge on any atom is -0.392 e. The van der Waals surface area contributed by atoms with Gasteiger partial charge < -0.3 is 9.51 Å². The minimum absolute atomic E-state index is 0.0730. The van der Waals surface area contributed by atoms with E-state index >= 15 is 0 Å². The average Bonchev–Trinajstić information content (AvgIpc) is 2.63. The van der Waals surface area contributed by atoms with Crippen molar-refractivity contribution in [3.63, 3.8) is 0 Å². The lowest BCUT2D eigenvalue weighted by Crippen LogP contribution is -1.99. The molecule has 74 valence electrons. The number of hydrogen-bond donors (Lipinski definition) is 1. The summed E-state index contributed by atoms with van der Waals surface area (Å²) in [5.74, 6) is 0.428. The number of imidazole rings is 1. The maximum atomic E-state index is 9.34. The first kappa shape index (κ1) is 9.21. The van der Waals surface area contributed by atoms with E-state index in [9.17, 15) is 5.11 Å². The molecule has 0 amide bonds. The predicted molar refractivity (Wildman–Crippen MR) is 55.2 cm³/mol. The first-order valence-electron chi connectivity index (χ1n) is 4.78. The quantitative estimate of drug-likeness (QED) is 0.786. The third-order valence-corrected chi connectivity index (χ3v) is 2.52. The number of aromatic nitrogens is 2. The van der Waals surface area contributed by atoms with Gasteiger partial charge in [0.1, 0.15) is 0 Å². The van der Waals surface area contributed by atoms with Gasteiger partial charge in [0.2, 0.25) is 0 Å². The number of aliphatic hydroxyl groups excluding tert-OH is 1. The number of pyridine rings is 1. The van der Waals surface area contributed by atoms with Crippen LogP contribution in [0.4, 0.5) is 0 Å². The van der Waals surface area contributed by atoms with Crippen LogP contribution in [0, 0.1) is 0 Å². The Morgan fingerprint density at radius 2 is 2.29 bits per heavy atom. The predicted octanol–water partition coefficient (Wildman–Crippen LogP) is 1.95. The van der Waals surface area contributed by atoms with E-state index in [2.05, 4.69) is 18.8 Å². The van der Waals surface area contributed by atoms with Gasteiger partial charge in [-0.05, 0) is 17.5 Å². The van der Waals surface area contributed by atoms with E-state index in [0.29, 0.717) is 5.92 Å². The summed E-state index contributed by atoms with van der Waals surface area (Å²) in [5, 5.41) is 9.34. The van der Waals surface area contributed by atoms with Crippen molar-refractivity contribution in [2.75, 3.05) is 0 Å². The zero-order valence-corrected chi connectivity index (χ0v) is 8.44. The van der Waals surface area contributed by atoms with Crippen molar-refractivity contribution < 1.29 is 5.11 Å². The van der Waals surface area contributed by atoms with Gasteiger partial charge in [-0.1, -0.05) is 13.8 Å². The molecule has 2 aromatic rings. The Morgan fingerprint density at radius 3 is 2.93 bits per heavy atom. The summed E-state index contributed by atoms with van der Waals surface area (Å²) in [6, 6.07) is 2.05. The van der Waals surface area contributed by atoms with E-state index in [-0.39, 0.29) is 6.61 Å². The van der Waals surface area contributed by atoms with Gasteiger partial charge in [-0.2, -0.15) is 0 Å². The van der Waals surface area contributed by atoms with Crippen LogP contribution in [-0.4, -0.2) is 14.5 Å². The summed E-state index contributed by atoms with van der Waals surface area (Å²) in [5.41, 5.74) is 3.18. The van der Waals surface area contributed by atoms with E-state index in [4.69, 9.17) is 0 Å². The summed E-state index contributed by atoms with van der Waals surface area (Å²) in [7, 11) is 0. The Bertz CT molecular complexity index is 445. The van der Waals surface area contributed by atoms with E-state index < -0.39 is 0 Å². The summed E-state index contributed by atoms with van der Waals surface area (Å²) in [6.45, 7) is 4.33. The first-order valence-corrected chi connectivity index (χ1v) is 4.78. The molecule has 2 aromatic heterocycles. The van der Waals surface area contributed by atoms with Crippen LogP contribution >= 0.6 is 0 Å². The lowest BCUT2D eigenvalue weighted by molar-refractivity contribution is 0.281. The van der Waals surface area contributed by atoms with Crippen LogP contribution in [0.2, 0.25) is 0 Å². The summed E-state index contributed by atoms with van der Waals surface area (Å²) >= 11 is 0. The number of aliphatic hydroxyl groups is 1. The first-order chi connectivity index (χ1) is 6.74. The second-order valence-electron chi connectivity index (χ2n) is 3.75. The standard InChI is InChI=1S/C11H14N2O/c1-8(2)9-3-4-13-7-12-5-11(13)10(9)6-14/h3-5,7-8,14H,6H2,1-2H3. The Hall–Kier alpha value is -1.35. The fourth-order valence-electron chi connectivity index (χ4n) is 1.78. The maximum absolute atomic E-state index is 9.34. The van der Waals surface area contributed by atoms with Crippen LogP contribution in [0.25, 0.3) is 5.52 Å². The third-order valence-electron chi connectivity index (χ3n) is 2.52. The van der Waals surface area contributed by atoms with Gasteiger partial charge in [0.15, 0.2) is 0 Å². The highest BCUT2D eigenvalue weighted by molar-refractivity contribution is 5.56. The number of rotatable bonds is 2. The molecule has 3 heteroatoms. The molecule has 2 heterocycles. The molecular weight excluding hydrogens is 176 g/mol. The Balaban J connectivity index is 2.72. The van der Waals surface area contributed by atoms with Crippen molar-refractivity contribution in [2.24, 2.45) is 0 Å². The molecule has 0 spiro atoms. The molecule has 0 saturated heterocycles. The second kappa shape index (κ2) is 3.42. The van der Waals surface area contributed by atoms with Crippen LogP contribution in [-0.2, 0) is 6.61 Å². The van der Waals surface area contributed by atoms with E-state index in [0.717, 1.165) is 11.1 Å². The summed E-state index contributed by atoms with van der Waals surface area (Å²) in [6.07, 6.45) is 5.52. The van der Waals surface area contributed by atoms with Gasteiger partial charge in [0.25, 0.3) is 0 Å². The fraction of sp³-hybridized carbons (Fsp3) is 0.364. The van der Waals surface area contributed by atoms with Gasteiger partial charge in [0, 0.05) is 11.8 Å². The topological polar surface area (TPSA) is 37.5 Å². The second-order valence-corrected chi connectivity index (χ2v) is 3.75. The highest BCUT2D eigenvalue weighted by atomic mass is 16.3. The van der Waals surface area contributed by atoms with Gasteiger partial charge in [-0.25, -0.2) is 4.98 Å². The highest BCUT2D eigenvalue weighted by Gasteiger charge is 2.09. The van der Waals surface area contributed by atoms with Crippen molar-refractivity contribution in [2.45, 2.75) is 26.4 Å². The molecule has 0 atom stereocenters. The monoisotopic (exact) mass is 190 g/mol. The lowest BCUT2D eigenvalue weighted by atomic mass is 9.98. The zero-order valence-electron chi connectivity index (χ0n) is 8.44. The molecule has 0 unspecified atom stereocenters. The molecule has 14 heavy (non-hydrogen) atoms. The van der Waals surface area contributed by atoms with E-state index in [1.54, 1.807) is 12.5 Å². The Labute approximate surface area is 83.0 Å². The Kier molecular flexibility index (Phi) is 2.25. The van der Waals surface area contributed by atoms with Crippen LogP contribution in [0.5, 0.6) is 0 Å². The molecule has 0 aliphatic carbocycles. The van der Waals surface area contributed by atoms with Crippen LogP contribution in [0.3, 0.4) is 0 Å². The number of nitrogens with zero attached hydrogens (tertiary/aromatic N) is 2. The van der Waals surface area contributed by atoms with Crippen molar-refractivity contribution >= 4 is 5.52 Å². The smallest absolute Gasteiger partial charge is 0.0992 e. The number of hydrogen-bond acceptors (Lipinski definition) is 2. The van der Waals surface area contributed by atoms with Crippen molar-refractivity contribution in [3.05, 3.63) is 35.9 Å². The normalized spacial score (nSPS) is 11.4. The molecule has 0 radical (unpaired) electrons. The molecular formula is C11H14N2O. The largest absolute Gasteiger partial charge is 0.392 e. The van der Waals surface area contributed by atoms with Crippen molar-refractivity contribution in [3.8, 4) is 0 Å². The fourth-order valence-corrected chi connectivity index (χ4v) is 1.78. The molecule has 1 N–H and O–H groups in total. The van der Waals surface area contributed by atoms with Crippen molar-refractivity contribution in [1.29, 1.82) is 0 Å². The summed E-state index contributed by atoms with van der Waals surface area (Å²) < 4.78 is 1.93. The van der Waals surface area contributed by atoms with Gasteiger partial charge in [-0.15, -0.1) is 0 Å². The van der Waals surface area contributed by atoms with E-state index in [1.807, 2.05) is 16.7 Å². The number of fused-ring (bicyclic) bond motifs is 1. The third kappa shape index (κ3) is 1.30. The lowest BCUT2D eigenvalue weighted by Gasteiger charge is -2.12. The minimum atomic E-state index is 0.0730. The maximum Gasteiger partial charge on any atom is 0.0992 e. The molecule has 0 aromatic carbocycles. The molecule has 3 nitrogen and oxygen atoms in total. The van der Waals surface area contributed by atoms with Gasteiger partial charge >= 0.3 is 0 Å². The van der Waals surface area contributed by atoms with Gasteiger partial charge in [-0.3, -0.25) is 0 Å². The average molecular weight is 190 g/mol. The molecule has 0 aliphatic rings. The zero-order chi connectivity index (χ0) is 10.1.